The Bertz CT molecular complexity index is 935. The lowest BCUT2D eigenvalue weighted by Gasteiger charge is -2.09. The van der Waals surface area contributed by atoms with Crippen LogP contribution in [0.2, 0.25) is 5.02 Å². The molecular formula is C19H16ClN3O4. The van der Waals surface area contributed by atoms with E-state index in [1.807, 2.05) is 6.07 Å². The van der Waals surface area contributed by atoms with Crippen molar-refractivity contribution in [2.75, 3.05) is 19.0 Å². The van der Waals surface area contributed by atoms with Gasteiger partial charge >= 0.3 is 0 Å². The van der Waals surface area contributed by atoms with E-state index in [0.29, 0.717) is 22.7 Å². The van der Waals surface area contributed by atoms with Crippen LogP contribution in [0.5, 0.6) is 11.5 Å². The molecule has 0 aliphatic carbocycles. The standard InChI is InChI=1S/C19H16ClN3O4/c1-26-17-10-12(2-6-16(17)27-9-8-21)3-7-18(24)23-13-4-5-14(19(22)25)15(20)11-13/h2-7,10-11H,9H2,1H3,(H2,22,25)(H,23,24)/b7-3+. The summed E-state index contributed by atoms with van der Waals surface area (Å²) < 4.78 is 10.4. The second-order valence-corrected chi connectivity index (χ2v) is 5.65. The van der Waals surface area contributed by atoms with Crippen molar-refractivity contribution >= 4 is 35.2 Å². The van der Waals surface area contributed by atoms with Gasteiger partial charge in [-0.25, -0.2) is 0 Å². The summed E-state index contributed by atoms with van der Waals surface area (Å²) in [5, 5.41) is 11.4. The minimum Gasteiger partial charge on any atom is -0.493 e. The van der Waals surface area contributed by atoms with Crippen LogP contribution >= 0.6 is 11.6 Å². The summed E-state index contributed by atoms with van der Waals surface area (Å²) in [7, 11) is 1.48. The van der Waals surface area contributed by atoms with E-state index in [2.05, 4.69) is 5.32 Å². The lowest BCUT2D eigenvalue weighted by molar-refractivity contribution is -0.111. The zero-order valence-electron chi connectivity index (χ0n) is 14.4. The van der Waals surface area contributed by atoms with Crippen LogP contribution in [0, 0.1) is 11.3 Å². The molecule has 0 aliphatic rings. The van der Waals surface area contributed by atoms with Gasteiger partial charge in [0, 0.05) is 11.8 Å². The van der Waals surface area contributed by atoms with E-state index in [-0.39, 0.29) is 23.1 Å². The molecule has 3 N–H and O–H groups in total. The van der Waals surface area contributed by atoms with Crippen molar-refractivity contribution in [3.63, 3.8) is 0 Å². The summed E-state index contributed by atoms with van der Waals surface area (Å²) in [4.78, 5) is 23.2. The molecular weight excluding hydrogens is 370 g/mol. The monoisotopic (exact) mass is 385 g/mol. The molecule has 0 fully saturated rings. The third-order valence-corrected chi connectivity index (χ3v) is 3.72. The van der Waals surface area contributed by atoms with Crippen molar-refractivity contribution in [3.8, 4) is 17.6 Å². The zero-order chi connectivity index (χ0) is 19.8. The zero-order valence-corrected chi connectivity index (χ0v) is 15.1. The largest absolute Gasteiger partial charge is 0.493 e. The third-order valence-electron chi connectivity index (χ3n) is 3.41. The van der Waals surface area contributed by atoms with Crippen molar-refractivity contribution in [1.29, 1.82) is 5.26 Å². The molecule has 0 bridgehead atoms. The van der Waals surface area contributed by atoms with Gasteiger partial charge in [-0.1, -0.05) is 17.7 Å². The Balaban J connectivity index is 2.07. The fraction of sp³-hybridized carbons (Fsp3) is 0.105. The predicted octanol–water partition coefficient (Wildman–Crippen LogP) is 3.00. The van der Waals surface area contributed by atoms with Crippen LogP contribution in [0.25, 0.3) is 6.08 Å². The SMILES string of the molecule is COc1cc(/C=C/C(=O)Nc2ccc(C(N)=O)c(Cl)c2)ccc1OCC#N. The molecule has 2 aromatic rings. The van der Waals surface area contributed by atoms with Crippen molar-refractivity contribution in [3.05, 3.63) is 58.6 Å². The Morgan fingerprint density at radius 2 is 2.04 bits per heavy atom. The normalized spacial score (nSPS) is 10.3. The molecule has 8 heteroatoms. The van der Waals surface area contributed by atoms with Gasteiger partial charge in [0.15, 0.2) is 18.1 Å². The van der Waals surface area contributed by atoms with E-state index in [0.717, 1.165) is 0 Å². The van der Waals surface area contributed by atoms with E-state index in [1.165, 1.54) is 31.4 Å². The Labute approximate surface area is 160 Å². The highest BCUT2D eigenvalue weighted by atomic mass is 35.5. The maximum Gasteiger partial charge on any atom is 0.250 e. The number of anilines is 1. The number of nitrogens with one attached hydrogen (secondary N) is 1. The number of rotatable bonds is 7. The molecule has 0 atom stereocenters. The molecule has 2 rings (SSSR count). The first-order chi connectivity index (χ1) is 12.9. The number of hydrogen-bond donors (Lipinski definition) is 2. The number of carbonyl (C=O) groups is 2. The van der Waals surface area contributed by atoms with Gasteiger partial charge in [0.1, 0.15) is 6.07 Å². The number of amides is 2. The van der Waals surface area contributed by atoms with Crippen LogP contribution in [0.4, 0.5) is 5.69 Å². The summed E-state index contributed by atoms with van der Waals surface area (Å²) in [6.45, 7) is -0.0922. The number of halogens is 1. The van der Waals surface area contributed by atoms with Crippen LogP contribution in [0.1, 0.15) is 15.9 Å². The van der Waals surface area contributed by atoms with Crippen LogP contribution in [0.15, 0.2) is 42.5 Å². The highest BCUT2D eigenvalue weighted by Gasteiger charge is 2.08. The van der Waals surface area contributed by atoms with Crippen LogP contribution in [-0.2, 0) is 4.79 Å². The molecule has 0 saturated carbocycles. The Hall–Kier alpha value is -3.50. The van der Waals surface area contributed by atoms with E-state index < -0.39 is 5.91 Å². The fourth-order valence-corrected chi connectivity index (χ4v) is 2.44. The molecule has 0 radical (unpaired) electrons. The molecule has 27 heavy (non-hydrogen) atoms. The number of nitrogens with zero attached hydrogens (tertiary/aromatic N) is 1. The van der Waals surface area contributed by atoms with E-state index in [1.54, 1.807) is 24.3 Å². The second kappa shape index (κ2) is 9.27. The molecule has 0 unspecified atom stereocenters. The van der Waals surface area contributed by atoms with Gasteiger partial charge in [0.25, 0.3) is 0 Å². The molecule has 0 spiro atoms. The van der Waals surface area contributed by atoms with Crippen molar-refractivity contribution in [2.45, 2.75) is 0 Å². The Morgan fingerprint density at radius 3 is 2.67 bits per heavy atom. The van der Waals surface area contributed by atoms with Gasteiger partial charge in [0.2, 0.25) is 11.8 Å². The lowest BCUT2D eigenvalue weighted by Crippen LogP contribution is -2.12. The number of nitriles is 1. The molecule has 0 aliphatic heterocycles. The lowest BCUT2D eigenvalue weighted by atomic mass is 10.1. The first-order valence-electron chi connectivity index (χ1n) is 7.70. The number of primary amides is 1. The molecule has 0 aromatic heterocycles. The van der Waals surface area contributed by atoms with E-state index >= 15 is 0 Å². The molecule has 0 saturated heterocycles. The van der Waals surface area contributed by atoms with Gasteiger partial charge in [-0.05, 0) is 42.0 Å². The number of methoxy groups -OCH3 is 1. The Kier molecular flexibility index (Phi) is 6.80. The molecule has 7 nitrogen and oxygen atoms in total. The summed E-state index contributed by atoms with van der Waals surface area (Å²) >= 11 is 5.95. The number of hydrogen-bond acceptors (Lipinski definition) is 5. The van der Waals surface area contributed by atoms with Gasteiger partial charge in [-0.2, -0.15) is 5.26 Å². The molecule has 138 valence electrons. The first kappa shape index (κ1) is 19.8. The minimum absolute atomic E-state index is 0.0922. The second-order valence-electron chi connectivity index (χ2n) is 5.24. The average Bonchev–Trinajstić information content (AvgIpc) is 2.64. The molecule has 0 heterocycles. The van der Waals surface area contributed by atoms with Crippen LogP contribution < -0.4 is 20.5 Å². The van der Waals surface area contributed by atoms with Gasteiger partial charge in [0.05, 0.1) is 17.7 Å². The average molecular weight is 386 g/mol. The van der Waals surface area contributed by atoms with Gasteiger partial charge < -0.3 is 20.5 Å². The quantitative estimate of drug-likeness (QED) is 0.711. The van der Waals surface area contributed by atoms with Crippen LogP contribution in [-0.4, -0.2) is 25.5 Å². The van der Waals surface area contributed by atoms with Gasteiger partial charge in [-0.3, -0.25) is 9.59 Å². The van der Waals surface area contributed by atoms with Gasteiger partial charge in [-0.15, -0.1) is 0 Å². The third kappa shape index (κ3) is 5.49. The van der Waals surface area contributed by atoms with Crippen LogP contribution in [0.3, 0.4) is 0 Å². The maximum absolute atomic E-state index is 12.1. The summed E-state index contributed by atoms with van der Waals surface area (Å²) in [5.74, 6) is -0.151. The first-order valence-corrected chi connectivity index (χ1v) is 8.08. The number of ether oxygens (including phenoxy) is 2. The Morgan fingerprint density at radius 1 is 1.26 bits per heavy atom. The fourth-order valence-electron chi connectivity index (χ4n) is 2.17. The van der Waals surface area contributed by atoms with Crippen molar-refractivity contribution in [1.82, 2.24) is 0 Å². The smallest absolute Gasteiger partial charge is 0.250 e. The van der Waals surface area contributed by atoms with Crippen molar-refractivity contribution < 1.29 is 19.1 Å². The predicted molar refractivity (Wildman–Crippen MR) is 102 cm³/mol. The summed E-state index contributed by atoms with van der Waals surface area (Å²) in [6, 6.07) is 11.3. The highest BCUT2D eigenvalue weighted by molar-refractivity contribution is 6.34. The van der Waals surface area contributed by atoms with E-state index in [9.17, 15) is 9.59 Å². The van der Waals surface area contributed by atoms with Crippen molar-refractivity contribution in [2.24, 2.45) is 5.73 Å². The summed E-state index contributed by atoms with van der Waals surface area (Å²) in [6.07, 6.45) is 2.92. The number of carbonyl (C=O) groups excluding carboxylic acids is 2. The number of benzene rings is 2. The summed E-state index contributed by atoms with van der Waals surface area (Å²) in [5.41, 5.74) is 6.49. The molecule has 2 amide bonds. The maximum atomic E-state index is 12.1. The number of nitrogens with two attached hydrogens (primary N) is 1. The minimum atomic E-state index is -0.645. The topological polar surface area (TPSA) is 114 Å². The highest BCUT2D eigenvalue weighted by Crippen LogP contribution is 2.28. The molecule has 2 aromatic carbocycles. The van der Waals surface area contributed by atoms with E-state index in [4.69, 9.17) is 32.1 Å².